The van der Waals surface area contributed by atoms with Crippen LogP contribution in [0.3, 0.4) is 0 Å². The average molecular weight is 316 g/mol. The van der Waals surface area contributed by atoms with Crippen LogP contribution in [0.5, 0.6) is 0 Å². The fourth-order valence-electron chi connectivity index (χ4n) is 2.51. The van der Waals surface area contributed by atoms with Crippen LogP contribution < -0.4 is 5.32 Å². The summed E-state index contributed by atoms with van der Waals surface area (Å²) in [7, 11) is 1.29. The normalized spacial score (nSPS) is 14.3. The Morgan fingerprint density at radius 3 is 2.78 bits per heavy atom. The molecular weight excluding hydrogens is 296 g/mol. The number of nitrogens with one attached hydrogen (secondary N) is 1. The first-order chi connectivity index (χ1) is 11.0. The number of ether oxygens (including phenoxy) is 1. The summed E-state index contributed by atoms with van der Waals surface area (Å²) in [5.41, 5.74) is 2.14. The Kier molecular flexibility index (Phi) is 4.02. The Morgan fingerprint density at radius 1 is 1.43 bits per heavy atom. The third-order valence-corrected chi connectivity index (χ3v) is 3.94. The largest absolute Gasteiger partial charge is 0.468 e. The number of amides is 1. The summed E-state index contributed by atoms with van der Waals surface area (Å²) < 4.78 is 6.37. The zero-order valence-corrected chi connectivity index (χ0v) is 13.5. The number of esters is 1. The van der Waals surface area contributed by atoms with Crippen LogP contribution in [-0.2, 0) is 9.53 Å². The lowest BCUT2D eigenvalue weighted by atomic mass is 10.1. The van der Waals surface area contributed by atoms with Gasteiger partial charge in [-0.3, -0.25) is 9.59 Å². The van der Waals surface area contributed by atoms with E-state index in [1.54, 1.807) is 6.20 Å². The maximum absolute atomic E-state index is 12.5. The first-order valence-corrected chi connectivity index (χ1v) is 7.74. The highest BCUT2D eigenvalue weighted by molar-refractivity contribution is 6.06. The molecule has 1 aliphatic rings. The zero-order valence-electron chi connectivity index (χ0n) is 13.5. The predicted molar refractivity (Wildman–Crippen MR) is 84.2 cm³/mol. The third kappa shape index (κ3) is 3.04. The molecule has 23 heavy (non-hydrogen) atoms. The lowest BCUT2D eigenvalue weighted by molar-refractivity contribution is -0.139. The van der Waals surface area contributed by atoms with E-state index in [0.717, 1.165) is 18.5 Å². The second-order valence-electron chi connectivity index (χ2n) is 6.05. The average Bonchev–Trinajstić information content (AvgIpc) is 3.30. The molecule has 1 amide bonds. The van der Waals surface area contributed by atoms with Crippen molar-refractivity contribution in [3.8, 4) is 0 Å². The van der Waals surface area contributed by atoms with Crippen molar-refractivity contribution < 1.29 is 14.3 Å². The molecule has 0 radical (unpaired) electrons. The first-order valence-electron chi connectivity index (χ1n) is 7.74. The van der Waals surface area contributed by atoms with Crippen molar-refractivity contribution in [2.75, 3.05) is 13.7 Å². The van der Waals surface area contributed by atoms with Gasteiger partial charge in [-0.05, 0) is 32.8 Å². The van der Waals surface area contributed by atoms with Gasteiger partial charge in [-0.15, -0.1) is 0 Å². The minimum Gasteiger partial charge on any atom is -0.468 e. The molecule has 0 atom stereocenters. The highest BCUT2D eigenvalue weighted by atomic mass is 16.5. The van der Waals surface area contributed by atoms with E-state index in [0.29, 0.717) is 22.5 Å². The van der Waals surface area contributed by atoms with Gasteiger partial charge >= 0.3 is 5.97 Å². The highest BCUT2D eigenvalue weighted by Crippen LogP contribution is 2.40. The fraction of sp³-hybridized carbons (Fsp3) is 0.500. The summed E-state index contributed by atoms with van der Waals surface area (Å²) in [6.07, 6.45) is 3.85. The maximum Gasteiger partial charge on any atom is 0.325 e. The van der Waals surface area contributed by atoms with Crippen LogP contribution in [0.15, 0.2) is 12.3 Å². The van der Waals surface area contributed by atoms with Crippen LogP contribution >= 0.6 is 0 Å². The lowest BCUT2D eigenvalue weighted by Crippen LogP contribution is -2.30. The van der Waals surface area contributed by atoms with E-state index in [-0.39, 0.29) is 18.5 Å². The van der Waals surface area contributed by atoms with Gasteiger partial charge in [0, 0.05) is 17.7 Å². The minimum absolute atomic E-state index is 0.153. The molecule has 2 aromatic heterocycles. The maximum atomic E-state index is 12.5. The number of fused-ring (bicyclic) bond motifs is 1. The number of methoxy groups -OCH3 is 1. The summed E-state index contributed by atoms with van der Waals surface area (Å²) >= 11 is 0. The molecule has 0 spiro atoms. The van der Waals surface area contributed by atoms with Gasteiger partial charge in [-0.2, -0.15) is 5.10 Å². The minimum atomic E-state index is -0.482. The molecule has 0 bridgehead atoms. The molecule has 0 unspecified atom stereocenters. The van der Waals surface area contributed by atoms with E-state index in [1.807, 2.05) is 24.6 Å². The number of carbonyl (C=O) groups excluding carboxylic acids is 2. The van der Waals surface area contributed by atoms with Crippen LogP contribution in [-0.4, -0.2) is 40.3 Å². The highest BCUT2D eigenvalue weighted by Gasteiger charge is 2.28. The summed E-state index contributed by atoms with van der Waals surface area (Å²) in [5.74, 6) is -0.376. The molecule has 1 aliphatic carbocycles. The fourth-order valence-corrected chi connectivity index (χ4v) is 2.51. The monoisotopic (exact) mass is 316 g/mol. The molecule has 1 saturated carbocycles. The SMILES string of the molecule is COC(=O)CNC(=O)c1cc(C2CC2)nc2c1cnn2C(C)C. The van der Waals surface area contributed by atoms with E-state index in [9.17, 15) is 9.59 Å². The van der Waals surface area contributed by atoms with Crippen molar-refractivity contribution in [3.05, 3.63) is 23.5 Å². The van der Waals surface area contributed by atoms with Gasteiger partial charge in [0.1, 0.15) is 6.54 Å². The molecule has 2 aromatic rings. The van der Waals surface area contributed by atoms with Crippen LogP contribution in [0.25, 0.3) is 11.0 Å². The van der Waals surface area contributed by atoms with Crippen LogP contribution in [0.2, 0.25) is 0 Å². The first kappa shape index (κ1) is 15.5. The predicted octanol–water partition coefficient (Wildman–Crippen LogP) is 1.79. The van der Waals surface area contributed by atoms with E-state index in [4.69, 9.17) is 4.98 Å². The van der Waals surface area contributed by atoms with Gasteiger partial charge in [-0.25, -0.2) is 9.67 Å². The van der Waals surface area contributed by atoms with Gasteiger partial charge in [-0.1, -0.05) is 0 Å². The Labute approximate surface area is 134 Å². The van der Waals surface area contributed by atoms with Crippen molar-refractivity contribution in [2.24, 2.45) is 0 Å². The lowest BCUT2D eigenvalue weighted by Gasteiger charge is -2.10. The topological polar surface area (TPSA) is 86.1 Å². The van der Waals surface area contributed by atoms with Crippen molar-refractivity contribution in [1.82, 2.24) is 20.1 Å². The quantitative estimate of drug-likeness (QED) is 0.850. The molecule has 7 nitrogen and oxygen atoms in total. The van der Waals surface area contributed by atoms with E-state index in [2.05, 4.69) is 15.2 Å². The van der Waals surface area contributed by atoms with Gasteiger partial charge in [0.2, 0.25) is 0 Å². The zero-order chi connectivity index (χ0) is 16.6. The molecule has 122 valence electrons. The van der Waals surface area contributed by atoms with Gasteiger partial charge in [0.25, 0.3) is 5.91 Å². The van der Waals surface area contributed by atoms with E-state index in [1.165, 1.54) is 7.11 Å². The van der Waals surface area contributed by atoms with Crippen LogP contribution in [0, 0.1) is 0 Å². The Balaban J connectivity index is 2.00. The van der Waals surface area contributed by atoms with Crippen molar-refractivity contribution in [3.63, 3.8) is 0 Å². The number of hydrogen-bond acceptors (Lipinski definition) is 5. The molecule has 0 aromatic carbocycles. The van der Waals surface area contributed by atoms with E-state index < -0.39 is 5.97 Å². The number of rotatable bonds is 5. The molecular formula is C16H20N4O3. The summed E-state index contributed by atoms with van der Waals surface area (Å²) in [6.45, 7) is 3.89. The number of nitrogens with zero attached hydrogens (tertiary/aromatic N) is 3. The van der Waals surface area contributed by atoms with Crippen LogP contribution in [0.4, 0.5) is 0 Å². The number of carbonyl (C=O) groups is 2. The Morgan fingerprint density at radius 2 is 2.17 bits per heavy atom. The second kappa shape index (κ2) is 5.98. The molecule has 0 saturated heterocycles. The van der Waals surface area contributed by atoms with Crippen molar-refractivity contribution in [2.45, 2.75) is 38.6 Å². The molecule has 2 heterocycles. The number of hydrogen-bond donors (Lipinski definition) is 1. The molecule has 1 fully saturated rings. The van der Waals surface area contributed by atoms with Crippen LogP contribution in [0.1, 0.15) is 54.7 Å². The van der Waals surface area contributed by atoms with Crippen molar-refractivity contribution >= 4 is 22.9 Å². The van der Waals surface area contributed by atoms with Gasteiger partial charge in [0.15, 0.2) is 5.65 Å². The second-order valence-corrected chi connectivity index (χ2v) is 6.05. The van der Waals surface area contributed by atoms with Gasteiger partial charge < -0.3 is 10.1 Å². The van der Waals surface area contributed by atoms with Gasteiger partial charge in [0.05, 0.1) is 24.3 Å². The smallest absolute Gasteiger partial charge is 0.325 e. The Hall–Kier alpha value is -2.44. The number of pyridine rings is 1. The summed E-state index contributed by atoms with van der Waals surface area (Å²) in [5, 5.41) is 7.64. The molecule has 0 aliphatic heterocycles. The molecule has 1 N–H and O–H groups in total. The van der Waals surface area contributed by atoms with Crippen molar-refractivity contribution in [1.29, 1.82) is 0 Å². The molecule has 3 rings (SSSR count). The van der Waals surface area contributed by atoms with E-state index >= 15 is 0 Å². The number of aromatic nitrogens is 3. The molecule has 7 heteroatoms. The Bertz CT molecular complexity index is 762. The summed E-state index contributed by atoms with van der Waals surface area (Å²) in [4.78, 5) is 28.4. The third-order valence-electron chi connectivity index (χ3n) is 3.94. The summed E-state index contributed by atoms with van der Waals surface area (Å²) in [6, 6.07) is 1.97. The standard InChI is InChI=1S/C16H20N4O3/c1-9(2)20-15-12(7-18-20)11(6-13(19-15)10-4-5-10)16(22)17-8-14(21)23-3/h6-7,9-10H,4-5,8H2,1-3H3,(H,17,22).